The van der Waals surface area contributed by atoms with Crippen LogP contribution in [0.1, 0.15) is 64.7 Å². The lowest BCUT2D eigenvalue weighted by Crippen LogP contribution is -2.43. The molecule has 0 spiro atoms. The van der Waals surface area contributed by atoms with Gasteiger partial charge in [-0.15, -0.1) is 0 Å². The predicted octanol–water partition coefficient (Wildman–Crippen LogP) is 2.46. The molecule has 0 aromatic heterocycles. The molecule has 1 rings (SSSR count). The topological polar surface area (TPSA) is 52.5 Å². The van der Waals surface area contributed by atoms with Crippen molar-refractivity contribution in [1.29, 1.82) is 0 Å². The lowest BCUT2D eigenvalue weighted by atomic mass is 9.78. The zero-order chi connectivity index (χ0) is 13.3. The summed E-state index contributed by atoms with van der Waals surface area (Å²) in [5.41, 5.74) is -0.448. The summed E-state index contributed by atoms with van der Waals surface area (Å²) in [5, 5.41) is 22.5. The average molecular weight is 257 g/mol. The molecule has 108 valence electrons. The molecule has 0 aromatic rings. The van der Waals surface area contributed by atoms with Gasteiger partial charge in [0.15, 0.2) is 0 Å². The summed E-state index contributed by atoms with van der Waals surface area (Å²) < 4.78 is 0. The molecule has 0 saturated heterocycles. The van der Waals surface area contributed by atoms with Crippen LogP contribution in [0, 0.1) is 5.92 Å². The minimum Gasteiger partial charge on any atom is -0.396 e. The Morgan fingerprint density at radius 3 is 2.39 bits per heavy atom. The fourth-order valence-electron chi connectivity index (χ4n) is 2.84. The van der Waals surface area contributed by atoms with E-state index in [1.165, 1.54) is 25.7 Å². The van der Waals surface area contributed by atoms with E-state index in [1.54, 1.807) is 0 Å². The standard InChI is InChI=1S/C15H31NO2/c1-2-14-7-9-15(18,10-8-14)13-16-11-5-3-4-6-12-17/h14,16-18H,2-13H2,1H3. The van der Waals surface area contributed by atoms with Crippen LogP contribution in [0.2, 0.25) is 0 Å². The summed E-state index contributed by atoms with van der Waals surface area (Å²) in [6.45, 7) is 4.31. The Labute approximate surface area is 112 Å². The predicted molar refractivity (Wildman–Crippen MR) is 75.6 cm³/mol. The largest absolute Gasteiger partial charge is 0.396 e. The first-order valence-electron chi connectivity index (χ1n) is 7.74. The van der Waals surface area contributed by atoms with E-state index in [9.17, 15) is 5.11 Å². The Morgan fingerprint density at radius 2 is 1.78 bits per heavy atom. The van der Waals surface area contributed by atoms with Gasteiger partial charge in [0.05, 0.1) is 5.60 Å². The van der Waals surface area contributed by atoms with Crippen molar-refractivity contribution in [3.8, 4) is 0 Å². The van der Waals surface area contributed by atoms with Crippen LogP contribution in [-0.2, 0) is 0 Å². The van der Waals surface area contributed by atoms with Gasteiger partial charge < -0.3 is 15.5 Å². The van der Waals surface area contributed by atoms with E-state index >= 15 is 0 Å². The maximum absolute atomic E-state index is 10.4. The summed E-state index contributed by atoms with van der Waals surface area (Å²) in [6.07, 6.45) is 9.90. The third kappa shape index (κ3) is 6.17. The molecule has 1 aliphatic carbocycles. The molecule has 0 amide bonds. The van der Waals surface area contributed by atoms with Crippen LogP contribution in [-0.4, -0.2) is 35.5 Å². The number of aliphatic hydroxyl groups is 2. The summed E-state index contributed by atoms with van der Waals surface area (Å²) >= 11 is 0. The van der Waals surface area contributed by atoms with Gasteiger partial charge >= 0.3 is 0 Å². The molecule has 0 unspecified atom stereocenters. The first kappa shape index (κ1) is 15.9. The zero-order valence-corrected chi connectivity index (χ0v) is 12.0. The van der Waals surface area contributed by atoms with Gasteiger partial charge in [0, 0.05) is 13.2 Å². The summed E-state index contributed by atoms with van der Waals surface area (Å²) in [4.78, 5) is 0. The highest BCUT2D eigenvalue weighted by atomic mass is 16.3. The van der Waals surface area contributed by atoms with E-state index in [-0.39, 0.29) is 0 Å². The molecule has 0 radical (unpaired) electrons. The number of unbranched alkanes of at least 4 members (excludes halogenated alkanes) is 3. The third-order valence-corrected chi connectivity index (χ3v) is 4.33. The number of hydrogen-bond acceptors (Lipinski definition) is 3. The van der Waals surface area contributed by atoms with E-state index in [0.29, 0.717) is 6.61 Å². The zero-order valence-electron chi connectivity index (χ0n) is 12.0. The lowest BCUT2D eigenvalue weighted by Gasteiger charge is -2.36. The molecular weight excluding hydrogens is 226 g/mol. The van der Waals surface area contributed by atoms with Crippen LogP contribution in [0.15, 0.2) is 0 Å². The molecule has 0 atom stereocenters. The van der Waals surface area contributed by atoms with E-state index < -0.39 is 5.60 Å². The van der Waals surface area contributed by atoms with E-state index in [0.717, 1.165) is 51.1 Å². The minimum atomic E-state index is -0.448. The van der Waals surface area contributed by atoms with E-state index in [2.05, 4.69) is 12.2 Å². The third-order valence-electron chi connectivity index (χ3n) is 4.33. The van der Waals surface area contributed by atoms with Crippen molar-refractivity contribution >= 4 is 0 Å². The van der Waals surface area contributed by atoms with Crippen molar-refractivity contribution in [2.75, 3.05) is 19.7 Å². The molecule has 0 aliphatic heterocycles. The second kappa shape index (κ2) is 8.89. The second-order valence-electron chi connectivity index (χ2n) is 5.89. The normalized spacial score (nSPS) is 28.5. The molecule has 0 aromatic carbocycles. The SMILES string of the molecule is CCC1CCC(O)(CNCCCCCCO)CC1. The van der Waals surface area contributed by atoms with Gasteiger partial charge in [-0.25, -0.2) is 0 Å². The fraction of sp³-hybridized carbons (Fsp3) is 1.00. The maximum Gasteiger partial charge on any atom is 0.0771 e. The van der Waals surface area contributed by atoms with Gasteiger partial charge in [-0.05, 0) is 51.0 Å². The van der Waals surface area contributed by atoms with Crippen LogP contribution >= 0.6 is 0 Å². The first-order chi connectivity index (χ1) is 8.70. The monoisotopic (exact) mass is 257 g/mol. The fourth-order valence-corrected chi connectivity index (χ4v) is 2.84. The Balaban J connectivity index is 2.01. The molecule has 1 fully saturated rings. The second-order valence-corrected chi connectivity index (χ2v) is 5.89. The number of rotatable bonds is 9. The molecule has 3 heteroatoms. The minimum absolute atomic E-state index is 0.311. The highest BCUT2D eigenvalue weighted by Gasteiger charge is 2.31. The Morgan fingerprint density at radius 1 is 1.11 bits per heavy atom. The quantitative estimate of drug-likeness (QED) is 0.556. The van der Waals surface area contributed by atoms with Gasteiger partial charge in [-0.1, -0.05) is 26.2 Å². The maximum atomic E-state index is 10.4. The summed E-state index contributed by atoms with van der Waals surface area (Å²) in [5.74, 6) is 0.837. The van der Waals surface area contributed by atoms with Crippen molar-refractivity contribution in [2.24, 2.45) is 5.92 Å². The van der Waals surface area contributed by atoms with Crippen LogP contribution in [0.5, 0.6) is 0 Å². The van der Waals surface area contributed by atoms with Gasteiger partial charge in [0.1, 0.15) is 0 Å². The van der Waals surface area contributed by atoms with Crippen LogP contribution in [0.3, 0.4) is 0 Å². The molecule has 1 saturated carbocycles. The van der Waals surface area contributed by atoms with Crippen LogP contribution < -0.4 is 5.32 Å². The lowest BCUT2D eigenvalue weighted by molar-refractivity contribution is -0.00847. The highest BCUT2D eigenvalue weighted by Crippen LogP contribution is 2.33. The Bertz CT molecular complexity index is 201. The Kier molecular flexibility index (Phi) is 7.87. The van der Waals surface area contributed by atoms with Gasteiger partial charge in [-0.3, -0.25) is 0 Å². The molecule has 3 N–H and O–H groups in total. The van der Waals surface area contributed by atoms with Crippen molar-refractivity contribution in [1.82, 2.24) is 5.32 Å². The smallest absolute Gasteiger partial charge is 0.0771 e. The molecule has 18 heavy (non-hydrogen) atoms. The molecule has 3 nitrogen and oxygen atoms in total. The van der Waals surface area contributed by atoms with Crippen molar-refractivity contribution in [2.45, 2.75) is 70.3 Å². The number of hydrogen-bond donors (Lipinski definition) is 3. The summed E-state index contributed by atoms with van der Waals surface area (Å²) in [6, 6.07) is 0. The van der Waals surface area contributed by atoms with E-state index in [1.807, 2.05) is 0 Å². The van der Waals surface area contributed by atoms with E-state index in [4.69, 9.17) is 5.11 Å². The number of nitrogens with one attached hydrogen (secondary N) is 1. The highest BCUT2D eigenvalue weighted by molar-refractivity contribution is 4.86. The Hall–Kier alpha value is -0.120. The van der Waals surface area contributed by atoms with Crippen molar-refractivity contribution < 1.29 is 10.2 Å². The van der Waals surface area contributed by atoms with Gasteiger partial charge in [-0.2, -0.15) is 0 Å². The first-order valence-corrected chi connectivity index (χ1v) is 7.74. The van der Waals surface area contributed by atoms with Crippen LogP contribution in [0.25, 0.3) is 0 Å². The molecule has 1 aliphatic rings. The molecule has 0 heterocycles. The molecular formula is C15H31NO2. The van der Waals surface area contributed by atoms with Gasteiger partial charge in [0.25, 0.3) is 0 Å². The van der Waals surface area contributed by atoms with Crippen molar-refractivity contribution in [3.63, 3.8) is 0 Å². The summed E-state index contributed by atoms with van der Waals surface area (Å²) in [7, 11) is 0. The van der Waals surface area contributed by atoms with Gasteiger partial charge in [0.2, 0.25) is 0 Å². The van der Waals surface area contributed by atoms with Crippen LogP contribution in [0.4, 0.5) is 0 Å². The molecule has 0 bridgehead atoms. The van der Waals surface area contributed by atoms with Crippen molar-refractivity contribution in [3.05, 3.63) is 0 Å². The average Bonchev–Trinajstić information content (AvgIpc) is 2.39. The number of aliphatic hydroxyl groups excluding tert-OH is 1.